The SMILES string of the molecule is Cc1cc([N+](=O)[O-])c(C)cc1NCc1cncn1C1CC1. The van der Waals surface area contributed by atoms with Crippen LogP contribution < -0.4 is 5.32 Å². The minimum atomic E-state index is -0.339. The molecule has 6 heteroatoms. The van der Waals surface area contributed by atoms with Crippen molar-refractivity contribution in [3.05, 3.63) is 51.6 Å². The Labute approximate surface area is 123 Å². The van der Waals surface area contributed by atoms with Crippen LogP contribution in [0.4, 0.5) is 11.4 Å². The molecule has 1 aliphatic rings. The van der Waals surface area contributed by atoms with Crippen LogP contribution in [0.3, 0.4) is 0 Å². The van der Waals surface area contributed by atoms with E-state index in [2.05, 4.69) is 14.9 Å². The van der Waals surface area contributed by atoms with Crippen molar-refractivity contribution in [2.24, 2.45) is 0 Å². The second-order valence-corrected chi connectivity index (χ2v) is 5.59. The van der Waals surface area contributed by atoms with Gasteiger partial charge in [0, 0.05) is 29.6 Å². The number of aryl methyl sites for hydroxylation is 2. The van der Waals surface area contributed by atoms with Gasteiger partial charge in [0.1, 0.15) is 0 Å². The minimum absolute atomic E-state index is 0.168. The third-order valence-corrected chi connectivity index (χ3v) is 3.89. The number of nitro groups is 1. The van der Waals surface area contributed by atoms with Gasteiger partial charge in [-0.05, 0) is 38.3 Å². The molecular formula is C15H18N4O2. The summed E-state index contributed by atoms with van der Waals surface area (Å²) in [5.41, 5.74) is 3.80. The molecule has 2 aromatic rings. The topological polar surface area (TPSA) is 73.0 Å². The number of benzene rings is 1. The smallest absolute Gasteiger partial charge is 0.272 e. The van der Waals surface area contributed by atoms with E-state index < -0.39 is 0 Å². The maximum absolute atomic E-state index is 10.9. The van der Waals surface area contributed by atoms with Gasteiger partial charge in [-0.25, -0.2) is 4.98 Å². The molecule has 0 radical (unpaired) electrons. The van der Waals surface area contributed by atoms with Crippen molar-refractivity contribution in [1.82, 2.24) is 9.55 Å². The maximum Gasteiger partial charge on any atom is 0.272 e. The molecule has 0 amide bonds. The van der Waals surface area contributed by atoms with Crippen molar-refractivity contribution >= 4 is 11.4 Å². The van der Waals surface area contributed by atoms with Gasteiger partial charge in [0.2, 0.25) is 0 Å². The lowest BCUT2D eigenvalue weighted by atomic mass is 10.1. The molecule has 0 atom stereocenters. The van der Waals surface area contributed by atoms with E-state index in [0.29, 0.717) is 18.2 Å². The molecule has 0 spiro atoms. The average molecular weight is 286 g/mol. The van der Waals surface area contributed by atoms with E-state index in [4.69, 9.17) is 0 Å². The molecule has 1 aromatic carbocycles. The molecule has 1 aromatic heterocycles. The number of hydrogen-bond acceptors (Lipinski definition) is 4. The summed E-state index contributed by atoms with van der Waals surface area (Å²) >= 11 is 0. The predicted octanol–water partition coefficient (Wildman–Crippen LogP) is 3.36. The van der Waals surface area contributed by atoms with E-state index in [9.17, 15) is 10.1 Å². The van der Waals surface area contributed by atoms with E-state index >= 15 is 0 Å². The predicted molar refractivity (Wildman–Crippen MR) is 80.4 cm³/mol. The van der Waals surface area contributed by atoms with Crippen LogP contribution >= 0.6 is 0 Å². The van der Waals surface area contributed by atoms with Gasteiger partial charge in [-0.15, -0.1) is 0 Å². The highest BCUT2D eigenvalue weighted by Gasteiger charge is 2.25. The molecule has 0 saturated heterocycles. The quantitative estimate of drug-likeness (QED) is 0.675. The van der Waals surface area contributed by atoms with Crippen molar-refractivity contribution in [2.75, 3.05) is 5.32 Å². The first-order valence-corrected chi connectivity index (χ1v) is 7.06. The highest BCUT2D eigenvalue weighted by molar-refractivity contribution is 5.59. The number of rotatable bonds is 5. The molecule has 0 unspecified atom stereocenters. The molecule has 0 bridgehead atoms. The molecule has 1 fully saturated rings. The van der Waals surface area contributed by atoms with Crippen LogP contribution in [0.1, 0.15) is 35.7 Å². The summed E-state index contributed by atoms with van der Waals surface area (Å²) in [5.74, 6) is 0. The Bertz CT molecular complexity index is 689. The number of aromatic nitrogens is 2. The van der Waals surface area contributed by atoms with Gasteiger partial charge in [-0.1, -0.05) is 0 Å². The minimum Gasteiger partial charge on any atom is -0.379 e. The first-order valence-electron chi connectivity index (χ1n) is 7.06. The number of nitrogens with one attached hydrogen (secondary N) is 1. The van der Waals surface area contributed by atoms with Crippen molar-refractivity contribution < 1.29 is 4.92 Å². The third-order valence-electron chi connectivity index (χ3n) is 3.89. The summed E-state index contributed by atoms with van der Waals surface area (Å²) in [6.07, 6.45) is 6.19. The van der Waals surface area contributed by atoms with Gasteiger partial charge in [-0.2, -0.15) is 0 Å². The van der Waals surface area contributed by atoms with Crippen molar-refractivity contribution in [1.29, 1.82) is 0 Å². The van der Waals surface area contributed by atoms with Crippen molar-refractivity contribution in [3.8, 4) is 0 Å². The summed E-state index contributed by atoms with van der Waals surface area (Å²) in [4.78, 5) is 14.8. The third kappa shape index (κ3) is 2.74. The van der Waals surface area contributed by atoms with Crippen LogP contribution in [0.25, 0.3) is 0 Å². The Morgan fingerprint density at radius 1 is 1.38 bits per heavy atom. The molecule has 1 aliphatic carbocycles. The fourth-order valence-corrected chi connectivity index (χ4v) is 2.52. The molecular weight excluding hydrogens is 268 g/mol. The highest BCUT2D eigenvalue weighted by atomic mass is 16.6. The molecule has 1 heterocycles. The van der Waals surface area contributed by atoms with Crippen LogP contribution in [0.5, 0.6) is 0 Å². The van der Waals surface area contributed by atoms with Crippen LogP contribution in [0.2, 0.25) is 0 Å². The maximum atomic E-state index is 10.9. The fraction of sp³-hybridized carbons (Fsp3) is 0.400. The number of nitro benzene ring substituents is 1. The monoisotopic (exact) mass is 286 g/mol. The standard InChI is InChI=1S/C15H18N4O2/c1-10-6-15(19(20)21)11(2)5-14(10)17-8-13-7-16-9-18(13)12-3-4-12/h5-7,9,12,17H,3-4,8H2,1-2H3. The zero-order valence-corrected chi connectivity index (χ0v) is 12.2. The Morgan fingerprint density at radius 3 is 2.81 bits per heavy atom. The lowest BCUT2D eigenvalue weighted by Gasteiger charge is -2.12. The van der Waals surface area contributed by atoms with Crippen molar-refractivity contribution in [3.63, 3.8) is 0 Å². The highest BCUT2D eigenvalue weighted by Crippen LogP contribution is 2.35. The Hall–Kier alpha value is -2.37. The normalized spacial score (nSPS) is 14.2. The van der Waals surface area contributed by atoms with Crippen LogP contribution in [0.15, 0.2) is 24.7 Å². The van der Waals surface area contributed by atoms with Gasteiger partial charge in [0.25, 0.3) is 5.69 Å². The first kappa shape index (κ1) is 13.6. The summed E-state index contributed by atoms with van der Waals surface area (Å²) in [7, 11) is 0. The first-order chi connectivity index (χ1) is 10.1. The van der Waals surface area contributed by atoms with Crippen molar-refractivity contribution in [2.45, 2.75) is 39.3 Å². The summed E-state index contributed by atoms with van der Waals surface area (Å²) in [6, 6.07) is 4.06. The van der Waals surface area contributed by atoms with Gasteiger partial charge in [0.05, 0.1) is 23.5 Å². The zero-order chi connectivity index (χ0) is 15.0. The van der Waals surface area contributed by atoms with E-state index in [0.717, 1.165) is 16.9 Å². The largest absolute Gasteiger partial charge is 0.379 e. The summed E-state index contributed by atoms with van der Waals surface area (Å²) < 4.78 is 2.21. The van der Waals surface area contributed by atoms with Crippen LogP contribution in [0, 0.1) is 24.0 Å². The van der Waals surface area contributed by atoms with Gasteiger partial charge in [-0.3, -0.25) is 10.1 Å². The zero-order valence-electron chi connectivity index (χ0n) is 12.2. The number of anilines is 1. The van der Waals surface area contributed by atoms with Crippen LogP contribution in [-0.4, -0.2) is 14.5 Å². The second-order valence-electron chi connectivity index (χ2n) is 5.59. The molecule has 3 rings (SSSR count). The lowest BCUT2D eigenvalue weighted by molar-refractivity contribution is -0.385. The van der Waals surface area contributed by atoms with E-state index in [1.165, 1.54) is 12.8 Å². The summed E-state index contributed by atoms with van der Waals surface area (Å²) in [5, 5.41) is 14.3. The average Bonchev–Trinajstić information content (AvgIpc) is 3.18. The Kier molecular flexibility index (Phi) is 3.37. The van der Waals surface area contributed by atoms with Gasteiger partial charge in [0.15, 0.2) is 0 Å². The number of hydrogen-bond donors (Lipinski definition) is 1. The van der Waals surface area contributed by atoms with E-state index in [-0.39, 0.29) is 10.6 Å². The van der Waals surface area contributed by atoms with Gasteiger partial charge >= 0.3 is 0 Å². The second kappa shape index (κ2) is 5.20. The number of imidazole rings is 1. The molecule has 1 saturated carbocycles. The van der Waals surface area contributed by atoms with Gasteiger partial charge < -0.3 is 9.88 Å². The Balaban J connectivity index is 1.77. The van der Waals surface area contributed by atoms with E-state index in [1.54, 1.807) is 13.0 Å². The molecule has 6 nitrogen and oxygen atoms in total. The number of nitrogens with zero attached hydrogens (tertiary/aromatic N) is 3. The molecule has 0 aliphatic heterocycles. The molecule has 21 heavy (non-hydrogen) atoms. The fourth-order valence-electron chi connectivity index (χ4n) is 2.52. The van der Waals surface area contributed by atoms with Crippen LogP contribution in [-0.2, 0) is 6.54 Å². The molecule has 110 valence electrons. The lowest BCUT2D eigenvalue weighted by Crippen LogP contribution is -2.07. The summed E-state index contributed by atoms with van der Waals surface area (Å²) in [6.45, 7) is 4.32. The Morgan fingerprint density at radius 2 is 2.14 bits per heavy atom. The molecule has 1 N–H and O–H groups in total. The van der Waals surface area contributed by atoms with E-state index in [1.807, 2.05) is 25.5 Å².